The van der Waals surface area contributed by atoms with E-state index >= 15 is 0 Å². The Balaban J connectivity index is 1.79. The van der Waals surface area contributed by atoms with Gasteiger partial charge < -0.3 is 14.9 Å². The average Bonchev–Trinajstić information content (AvgIpc) is 2.52. The molecule has 0 aromatic carbocycles. The Hall–Kier alpha value is -1.90. The highest BCUT2D eigenvalue weighted by atomic mass is 16.3. The standard InChI is InChI=1S/C16H21N3O2/c1-18-9-11-19(12-10-18)16(21)8-3-2-5-14-6-4-7-15(13-20)17-14/h4,6-7,20H,3,8-13H2,1H3. The molecular formula is C16H21N3O2. The molecule has 0 atom stereocenters. The van der Waals surface area contributed by atoms with Crippen LogP contribution in [0, 0.1) is 11.8 Å². The van der Waals surface area contributed by atoms with Gasteiger partial charge in [-0.05, 0) is 25.1 Å². The molecular weight excluding hydrogens is 266 g/mol. The van der Waals surface area contributed by atoms with Gasteiger partial charge in [-0.2, -0.15) is 0 Å². The average molecular weight is 287 g/mol. The summed E-state index contributed by atoms with van der Waals surface area (Å²) >= 11 is 0. The molecule has 1 saturated heterocycles. The Morgan fingerprint density at radius 2 is 2.10 bits per heavy atom. The van der Waals surface area contributed by atoms with E-state index in [1.165, 1.54) is 0 Å². The number of hydrogen-bond donors (Lipinski definition) is 1. The van der Waals surface area contributed by atoms with E-state index in [-0.39, 0.29) is 12.5 Å². The van der Waals surface area contributed by atoms with E-state index in [0.717, 1.165) is 26.2 Å². The molecule has 0 unspecified atom stereocenters. The van der Waals surface area contributed by atoms with Crippen LogP contribution >= 0.6 is 0 Å². The molecule has 1 aliphatic heterocycles. The number of piperazine rings is 1. The Kier molecular flexibility index (Phi) is 5.73. The third-order valence-electron chi connectivity index (χ3n) is 3.51. The number of aliphatic hydroxyl groups excluding tert-OH is 1. The van der Waals surface area contributed by atoms with Gasteiger partial charge in [-0.1, -0.05) is 12.0 Å². The van der Waals surface area contributed by atoms with E-state index < -0.39 is 0 Å². The van der Waals surface area contributed by atoms with Gasteiger partial charge in [-0.15, -0.1) is 0 Å². The molecule has 1 amide bonds. The summed E-state index contributed by atoms with van der Waals surface area (Å²) in [7, 11) is 2.07. The third kappa shape index (κ3) is 4.85. The number of hydrogen-bond acceptors (Lipinski definition) is 4. The number of pyridine rings is 1. The normalized spacial score (nSPS) is 15.4. The molecule has 1 N–H and O–H groups in total. The first kappa shape index (κ1) is 15.5. The summed E-state index contributed by atoms with van der Waals surface area (Å²) in [5.41, 5.74) is 1.24. The zero-order valence-electron chi connectivity index (χ0n) is 12.4. The van der Waals surface area contributed by atoms with Crippen LogP contribution in [0.25, 0.3) is 0 Å². The maximum absolute atomic E-state index is 12.0. The summed E-state index contributed by atoms with van der Waals surface area (Å²) in [5.74, 6) is 6.09. The lowest BCUT2D eigenvalue weighted by Crippen LogP contribution is -2.47. The molecule has 2 rings (SSSR count). The quantitative estimate of drug-likeness (QED) is 0.822. The molecule has 1 aromatic heterocycles. The van der Waals surface area contributed by atoms with Crippen molar-refractivity contribution in [1.82, 2.24) is 14.8 Å². The molecule has 1 fully saturated rings. The van der Waals surface area contributed by atoms with Crippen LogP contribution < -0.4 is 0 Å². The Bertz CT molecular complexity index is 540. The molecule has 5 heteroatoms. The monoisotopic (exact) mass is 287 g/mol. The van der Waals surface area contributed by atoms with Gasteiger partial charge in [0.05, 0.1) is 12.3 Å². The van der Waals surface area contributed by atoms with Crippen molar-refractivity contribution < 1.29 is 9.90 Å². The van der Waals surface area contributed by atoms with Gasteiger partial charge in [0.25, 0.3) is 0 Å². The summed E-state index contributed by atoms with van der Waals surface area (Å²) in [6.45, 7) is 3.41. The Morgan fingerprint density at radius 3 is 2.81 bits per heavy atom. The minimum absolute atomic E-state index is 0.0859. The van der Waals surface area contributed by atoms with E-state index in [4.69, 9.17) is 5.11 Å². The van der Waals surface area contributed by atoms with Gasteiger partial charge >= 0.3 is 0 Å². The number of carbonyl (C=O) groups excluding carboxylic acids is 1. The molecule has 0 saturated carbocycles. The number of nitrogens with zero attached hydrogens (tertiary/aromatic N) is 3. The van der Waals surface area contributed by atoms with Crippen LogP contribution in [0.15, 0.2) is 18.2 Å². The van der Waals surface area contributed by atoms with Gasteiger partial charge in [0.15, 0.2) is 0 Å². The predicted octanol–water partition coefficient (Wildman–Crippen LogP) is 0.480. The number of carbonyl (C=O) groups is 1. The fraction of sp³-hybridized carbons (Fsp3) is 0.500. The highest BCUT2D eigenvalue weighted by molar-refractivity contribution is 5.76. The number of rotatable bonds is 3. The lowest BCUT2D eigenvalue weighted by atomic mass is 10.2. The zero-order chi connectivity index (χ0) is 15.1. The molecule has 1 aliphatic rings. The summed E-state index contributed by atoms with van der Waals surface area (Å²) in [6, 6.07) is 5.37. The van der Waals surface area contributed by atoms with Crippen LogP contribution in [-0.2, 0) is 11.4 Å². The molecule has 0 radical (unpaired) electrons. The first-order chi connectivity index (χ1) is 10.2. The number of amides is 1. The van der Waals surface area contributed by atoms with E-state index in [0.29, 0.717) is 24.2 Å². The number of likely N-dealkylation sites (N-methyl/N-ethyl adjacent to an activating group) is 1. The van der Waals surface area contributed by atoms with Crippen molar-refractivity contribution >= 4 is 5.91 Å². The summed E-state index contributed by atoms with van der Waals surface area (Å²) in [6.07, 6.45) is 0.993. The lowest BCUT2D eigenvalue weighted by molar-refractivity contribution is -0.132. The van der Waals surface area contributed by atoms with Gasteiger partial charge in [0.1, 0.15) is 5.69 Å². The summed E-state index contributed by atoms with van der Waals surface area (Å²) < 4.78 is 0. The van der Waals surface area contributed by atoms with Crippen molar-refractivity contribution in [2.75, 3.05) is 33.2 Å². The van der Waals surface area contributed by atoms with Crippen LogP contribution in [0.4, 0.5) is 0 Å². The van der Waals surface area contributed by atoms with E-state index in [1.807, 2.05) is 11.0 Å². The van der Waals surface area contributed by atoms with Gasteiger partial charge in [-0.25, -0.2) is 4.98 Å². The van der Waals surface area contributed by atoms with Crippen molar-refractivity contribution in [1.29, 1.82) is 0 Å². The predicted molar refractivity (Wildman–Crippen MR) is 80.3 cm³/mol. The second kappa shape index (κ2) is 7.77. The van der Waals surface area contributed by atoms with Crippen LogP contribution in [-0.4, -0.2) is 59.0 Å². The SMILES string of the molecule is CN1CCN(C(=O)CCC#Cc2cccc(CO)n2)CC1. The van der Waals surface area contributed by atoms with Crippen molar-refractivity contribution in [3.8, 4) is 11.8 Å². The zero-order valence-corrected chi connectivity index (χ0v) is 12.4. The van der Waals surface area contributed by atoms with E-state index in [2.05, 4.69) is 28.8 Å². The van der Waals surface area contributed by atoms with Crippen molar-refractivity contribution in [3.63, 3.8) is 0 Å². The maximum atomic E-state index is 12.0. The highest BCUT2D eigenvalue weighted by Crippen LogP contribution is 2.03. The smallest absolute Gasteiger partial charge is 0.223 e. The number of aromatic nitrogens is 1. The molecule has 2 heterocycles. The van der Waals surface area contributed by atoms with E-state index in [9.17, 15) is 4.79 Å². The van der Waals surface area contributed by atoms with Crippen LogP contribution in [0.3, 0.4) is 0 Å². The van der Waals surface area contributed by atoms with Crippen molar-refractivity contribution in [3.05, 3.63) is 29.6 Å². The molecule has 112 valence electrons. The van der Waals surface area contributed by atoms with Gasteiger partial charge in [-0.3, -0.25) is 4.79 Å². The van der Waals surface area contributed by atoms with Crippen LogP contribution in [0.1, 0.15) is 24.2 Å². The summed E-state index contributed by atoms with van der Waals surface area (Å²) in [5, 5.41) is 9.01. The van der Waals surface area contributed by atoms with Crippen molar-refractivity contribution in [2.24, 2.45) is 0 Å². The first-order valence-corrected chi connectivity index (χ1v) is 7.21. The Morgan fingerprint density at radius 1 is 1.33 bits per heavy atom. The molecule has 0 spiro atoms. The van der Waals surface area contributed by atoms with E-state index in [1.54, 1.807) is 12.1 Å². The van der Waals surface area contributed by atoms with Crippen LogP contribution in [0.5, 0.6) is 0 Å². The fourth-order valence-corrected chi connectivity index (χ4v) is 2.17. The fourth-order valence-electron chi connectivity index (χ4n) is 2.17. The molecule has 0 aliphatic carbocycles. The third-order valence-corrected chi connectivity index (χ3v) is 3.51. The second-order valence-corrected chi connectivity index (χ2v) is 5.16. The molecule has 21 heavy (non-hydrogen) atoms. The lowest BCUT2D eigenvalue weighted by Gasteiger charge is -2.32. The van der Waals surface area contributed by atoms with Gasteiger partial charge in [0, 0.05) is 39.0 Å². The van der Waals surface area contributed by atoms with Crippen LogP contribution in [0.2, 0.25) is 0 Å². The highest BCUT2D eigenvalue weighted by Gasteiger charge is 2.17. The minimum Gasteiger partial charge on any atom is -0.390 e. The number of aliphatic hydroxyl groups is 1. The Labute approximate surface area is 125 Å². The van der Waals surface area contributed by atoms with Gasteiger partial charge in [0.2, 0.25) is 5.91 Å². The first-order valence-electron chi connectivity index (χ1n) is 7.21. The largest absolute Gasteiger partial charge is 0.390 e. The molecule has 0 bridgehead atoms. The van der Waals surface area contributed by atoms with Crippen molar-refractivity contribution in [2.45, 2.75) is 19.4 Å². The minimum atomic E-state index is -0.0859. The maximum Gasteiger partial charge on any atom is 0.223 e. The second-order valence-electron chi connectivity index (χ2n) is 5.16. The molecule has 5 nitrogen and oxygen atoms in total. The topological polar surface area (TPSA) is 56.7 Å². The summed E-state index contributed by atoms with van der Waals surface area (Å²) in [4.78, 5) is 20.3. The molecule has 1 aromatic rings.